The van der Waals surface area contributed by atoms with E-state index >= 15 is 0 Å². The molecule has 0 aliphatic rings. The van der Waals surface area contributed by atoms with Gasteiger partial charge < -0.3 is 15.4 Å². The second kappa shape index (κ2) is 8.67. The van der Waals surface area contributed by atoms with Gasteiger partial charge >= 0.3 is 0 Å². The first-order valence-corrected chi connectivity index (χ1v) is 6.68. The fraction of sp³-hybridized carbons (Fsp3) is 0.533. The summed E-state index contributed by atoms with van der Waals surface area (Å²) in [5, 5.41) is 0. The zero-order chi connectivity index (χ0) is 14.1. The van der Waals surface area contributed by atoms with E-state index in [9.17, 15) is 4.79 Å². The van der Waals surface area contributed by atoms with Crippen molar-refractivity contribution in [2.75, 3.05) is 27.3 Å². The summed E-state index contributed by atoms with van der Waals surface area (Å²) in [6.07, 6.45) is 2.03. The second-order valence-corrected chi connectivity index (χ2v) is 4.72. The Balaban J connectivity index is 2.29. The average molecular weight is 264 g/mol. The summed E-state index contributed by atoms with van der Waals surface area (Å²) >= 11 is 0. The van der Waals surface area contributed by atoms with Gasteiger partial charge in [-0.05, 0) is 18.4 Å². The first-order chi connectivity index (χ1) is 9.15. The van der Waals surface area contributed by atoms with Crippen LogP contribution in [0.25, 0.3) is 0 Å². The molecule has 0 spiro atoms. The van der Waals surface area contributed by atoms with Crippen molar-refractivity contribution >= 4 is 5.91 Å². The van der Waals surface area contributed by atoms with Gasteiger partial charge in [0.15, 0.2) is 0 Å². The van der Waals surface area contributed by atoms with Crippen molar-refractivity contribution in [1.82, 2.24) is 4.90 Å². The number of ether oxygens (including phenoxy) is 1. The average Bonchev–Trinajstić information content (AvgIpc) is 2.45. The number of carbonyl (C=O) groups is 1. The standard InChI is InChI=1S/C15H24N2O2/c1-17(11-6-12-19-2)15(18)10-9-14(16)13-7-4-3-5-8-13/h3-5,7-8,14H,6,9-12,16H2,1-2H3. The lowest BCUT2D eigenvalue weighted by Gasteiger charge is -2.18. The van der Waals surface area contributed by atoms with E-state index in [4.69, 9.17) is 10.5 Å². The number of hydrogen-bond acceptors (Lipinski definition) is 3. The van der Waals surface area contributed by atoms with Crippen molar-refractivity contribution in [2.24, 2.45) is 5.73 Å². The Hall–Kier alpha value is -1.39. The Labute approximate surface area is 115 Å². The van der Waals surface area contributed by atoms with Crippen molar-refractivity contribution in [3.05, 3.63) is 35.9 Å². The molecule has 0 bridgehead atoms. The number of nitrogens with two attached hydrogens (primary N) is 1. The van der Waals surface area contributed by atoms with Gasteiger partial charge in [0, 0.05) is 39.8 Å². The molecule has 1 amide bonds. The Kier molecular flexibility index (Phi) is 7.15. The van der Waals surface area contributed by atoms with Crippen LogP contribution in [0, 0.1) is 0 Å². The number of hydrogen-bond donors (Lipinski definition) is 1. The first kappa shape index (κ1) is 15.7. The van der Waals surface area contributed by atoms with Crippen LogP contribution in [0.2, 0.25) is 0 Å². The second-order valence-electron chi connectivity index (χ2n) is 4.72. The summed E-state index contributed by atoms with van der Waals surface area (Å²) < 4.78 is 4.97. The zero-order valence-corrected chi connectivity index (χ0v) is 11.8. The van der Waals surface area contributed by atoms with Gasteiger partial charge in [0.05, 0.1) is 0 Å². The fourth-order valence-corrected chi connectivity index (χ4v) is 1.91. The molecule has 4 heteroatoms. The minimum Gasteiger partial charge on any atom is -0.385 e. The van der Waals surface area contributed by atoms with Gasteiger partial charge in [-0.15, -0.1) is 0 Å². The molecule has 1 aromatic rings. The Bertz CT molecular complexity index is 368. The monoisotopic (exact) mass is 264 g/mol. The predicted octanol–water partition coefficient (Wildman–Crippen LogP) is 1.96. The summed E-state index contributed by atoms with van der Waals surface area (Å²) in [4.78, 5) is 13.6. The summed E-state index contributed by atoms with van der Waals surface area (Å²) in [7, 11) is 3.49. The van der Waals surface area contributed by atoms with E-state index < -0.39 is 0 Å². The van der Waals surface area contributed by atoms with Gasteiger partial charge in [-0.2, -0.15) is 0 Å². The molecule has 0 fully saturated rings. The molecule has 0 saturated heterocycles. The highest BCUT2D eigenvalue weighted by Crippen LogP contribution is 2.15. The third kappa shape index (κ3) is 5.85. The van der Waals surface area contributed by atoms with Crippen molar-refractivity contribution < 1.29 is 9.53 Å². The quantitative estimate of drug-likeness (QED) is 0.730. The highest BCUT2D eigenvalue weighted by Gasteiger charge is 2.12. The van der Waals surface area contributed by atoms with Crippen molar-refractivity contribution in [1.29, 1.82) is 0 Å². The Morgan fingerprint density at radius 3 is 2.68 bits per heavy atom. The van der Waals surface area contributed by atoms with Crippen LogP contribution in [-0.2, 0) is 9.53 Å². The highest BCUT2D eigenvalue weighted by molar-refractivity contribution is 5.75. The van der Waals surface area contributed by atoms with Crippen LogP contribution < -0.4 is 5.73 Å². The molecule has 1 atom stereocenters. The van der Waals surface area contributed by atoms with Crippen molar-refractivity contribution in [3.8, 4) is 0 Å². The minimum atomic E-state index is -0.0717. The van der Waals surface area contributed by atoms with Gasteiger partial charge in [-0.1, -0.05) is 30.3 Å². The number of rotatable bonds is 8. The van der Waals surface area contributed by atoms with Crippen LogP contribution in [0.1, 0.15) is 30.9 Å². The Morgan fingerprint density at radius 2 is 2.05 bits per heavy atom. The van der Waals surface area contributed by atoms with E-state index in [1.165, 1.54) is 0 Å². The molecule has 4 nitrogen and oxygen atoms in total. The van der Waals surface area contributed by atoms with Crippen LogP contribution in [-0.4, -0.2) is 38.1 Å². The van der Waals surface area contributed by atoms with E-state index in [0.29, 0.717) is 19.4 Å². The maximum absolute atomic E-state index is 11.9. The molecular formula is C15H24N2O2. The van der Waals surface area contributed by atoms with E-state index in [2.05, 4.69) is 0 Å². The third-order valence-corrected chi connectivity index (χ3v) is 3.16. The minimum absolute atomic E-state index is 0.0717. The highest BCUT2D eigenvalue weighted by atomic mass is 16.5. The fourth-order valence-electron chi connectivity index (χ4n) is 1.91. The maximum Gasteiger partial charge on any atom is 0.222 e. The molecule has 0 aromatic heterocycles. The molecule has 1 aromatic carbocycles. The zero-order valence-electron chi connectivity index (χ0n) is 11.8. The smallest absolute Gasteiger partial charge is 0.222 e. The lowest BCUT2D eigenvalue weighted by molar-refractivity contribution is -0.130. The van der Waals surface area contributed by atoms with Crippen molar-refractivity contribution in [2.45, 2.75) is 25.3 Å². The van der Waals surface area contributed by atoms with Crippen LogP contribution in [0.5, 0.6) is 0 Å². The molecule has 0 radical (unpaired) electrons. The maximum atomic E-state index is 11.9. The van der Waals surface area contributed by atoms with E-state index in [1.54, 1.807) is 12.0 Å². The molecule has 1 rings (SSSR count). The molecular weight excluding hydrogens is 240 g/mol. The van der Waals surface area contributed by atoms with E-state index in [-0.39, 0.29) is 11.9 Å². The molecule has 0 heterocycles. The molecule has 2 N–H and O–H groups in total. The summed E-state index contributed by atoms with van der Waals surface area (Å²) in [6, 6.07) is 9.82. The largest absolute Gasteiger partial charge is 0.385 e. The number of nitrogens with zero attached hydrogens (tertiary/aromatic N) is 1. The van der Waals surface area contributed by atoms with Crippen LogP contribution in [0.3, 0.4) is 0 Å². The van der Waals surface area contributed by atoms with Crippen molar-refractivity contribution in [3.63, 3.8) is 0 Å². The molecule has 19 heavy (non-hydrogen) atoms. The van der Waals surface area contributed by atoms with Crippen LogP contribution in [0.15, 0.2) is 30.3 Å². The number of methoxy groups -OCH3 is 1. The number of carbonyl (C=O) groups excluding carboxylic acids is 1. The molecule has 0 aliphatic carbocycles. The molecule has 0 saturated carbocycles. The molecule has 0 aliphatic heterocycles. The number of benzene rings is 1. The summed E-state index contributed by atoms with van der Waals surface area (Å²) in [5.41, 5.74) is 7.16. The molecule has 1 unspecified atom stereocenters. The molecule has 106 valence electrons. The topological polar surface area (TPSA) is 55.6 Å². The van der Waals surface area contributed by atoms with Gasteiger partial charge in [0.25, 0.3) is 0 Å². The van der Waals surface area contributed by atoms with Crippen LogP contribution >= 0.6 is 0 Å². The summed E-state index contributed by atoms with van der Waals surface area (Å²) in [5.74, 6) is 0.141. The Morgan fingerprint density at radius 1 is 1.37 bits per heavy atom. The van der Waals surface area contributed by atoms with Gasteiger partial charge in [-0.3, -0.25) is 4.79 Å². The predicted molar refractivity (Wildman–Crippen MR) is 76.7 cm³/mol. The number of amides is 1. The normalized spacial score (nSPS) is 12.2. The summed E-state index contributed by atoms with van der Waals surface area (Å²) in [6.45, 7) is 1.41. The van der Waals surface area contributed by atoms with Gasteiger partial charge in [0.1, 0.15) is 0 Å². The van der Waals surface area contributed by atoms with Gasteiger partial charge in [0.2, 0.25) is 5.91 Å². The third-order valence-electron chi connectivity index (χ3n) is 3.16. The first-order valence-electron chi connectivity index (χ1n) is 6.68. The SMILES string of the molecule is COCCCN(C)C(=O)CCC(N)c1ccccc1. The van der Waals surface area contributed by atoms with E-state index in [0.717, 1.165) is 18.5 Å². The lowest BCUT2D eigenvalue weighted by atomic mass is 10.0. The van der Waals surface area contributed by atoms with E-state index in [1.807, 2.05) is 37.4 Å². The lowest BCUT2D eigenvalue weighted by Crippen LogP contribution is -2.29. The van der Waals surface area contributed by atoms with Crippen LogP contribution in [0.4, 0.5) is 0 Å². The van der Waals surface area contributed by atoms with Gasteiger partial charge in [-0.25, -0.2) is 0 Å².